The lowest BCUT2D eigenvalue weighted by atomic mass is 9.97. The van der Waals surface area contributed by atoms with Crippen LogP contribution < -0.4 is 9.47 Å². The van der Waals surface area contributed by atoms with Gasteiger partial charge in [-0.25, -0.2) is 9.97 Å². The predicted molar refractivity (Wildman–Crippen MR) is 111 cm³/mol. The van der Waals surface area contributed by atoms with E-state index in [1.54, 1.807) is 31.6 Å². The number of rotatable bonds is 6. The summed E-state index contributed by atoms with van der Waals surface area (Å²) in [6, 6.07) is 11.4. The summed E-state index contributed by atoms with van der Waals surface area (Å²) in [5.74, 6) is 2.65. The van der Waals surface area contributed by atoms with Crippen molar-refractivity contribution in [2.75, 3.05) is 27.3 Å². The standard InChI is InChI=1S/C23H25N3O4/c1-28-18-8-3-6-16(12-18)13-19-14-25-21(30-19)17-7-5-11-26(15-17)23(27)20-9-4-10-24-22(20)29-2/h3-4,6,8-10,12,14,17H,5,7,11,13,15H2,1-2H3/t17-/m1/s1. The van der Waals surface area contributed by atoms with Crippen LogP contribution in [0.1, 0.15) is 46.3 Å². The topological polar surface area (TPSA) is 77.7 Å². The Balaban J connectivity index is 1.45. The van der Waals surface area contributed by atoms with Gasteiger partial charge < -0.3 is 18.8 Å². The van der Waals surface area contributed by atoms with Crippen LogP contribution >= 0.6 is 0 Å². The van der Waals surface area contributed by atoms with Crippen LogP contribution in [-0.4, -0.2) is 48.1 Å². The van der Waals surface area contributed by atoms with Crippen molar-refractivity contribution in [3.05, 3.63) is 71.6 Å². The van der Waals surface area contributed by atoms with Gasteiger partial charge in [0.25, 0.3) is 5.91 Å². The van der Waals surface area contributed by atoms with Gasteiger partial charge in [0.05, 0.1) is 26.3 Å². The molecule has 0 spiro atoms. The van der Waals surface area contributed by atoms with Crippen LogP contribution in [0.5, 0.6) is 11.6 Å². The van der Waals surface area contributed by atoms with E-state index >= 15 is 0 Å². The summed E-state index contributed by atoms with van der Waals surface area (Å²) < 4.78 is 16.6. The van der Waals surface area contributed by atoms with E-state index in [1.165, 1.54) is 7.11 Å². The van der Waals surface area contributed by atoms with E-state index in [0.29, 0.717) is 36.8 Å². The van der Waals surface area contributed by atoms with Crippen LogP contribution in [0.15, 0.2) is 53.2 Å². The Hall–Kier alpha value is -3.35. The average Bonchev–Trinajstić information content (AvgIpc) is 3.27. The molecule has 7 heteroatoms. The first-order valence-corrected chi connectivity index (χ1v) is 10.0. The van der Waals surface area contributed by atoms with Crippen LogP contribution in [0.3, 0.4) is 0 Å². The number of piperidine rings is 1. The zero-order chi connectivity index (χ0) is 20.9. The minimum Gasteiger partial charge on any atom is -0.497 e. The van der Waals surface area contributed by atoms with E-state index in [1.807, 2.05) is 29.2 Å². The number of benzene rings is 1. The molecule has 0 bridgehead atoms. The maximum absolute atomic E-state index is 13.0. The number of amides is 1. The number of carbonyl (C=O) groups is 1. The number of hydrogen-bond donors (Lipinski definition) is 0. The molecule has 3 heterocycles. The van der Waals surface area contributed by atoms with Gasteiger partial charge in [0.1, 0.15) is 17.1 Å². The second-order valence-corrected chi connectivity index (χ2v) is 7.34. The highest BCUT2D eigenvalue weighted by Crippen LogP contribution is 2.29. The molecule has 1 atom stereocenters. The molecular weight excluding hydrogens is 382 g/mol. The third kappa shape index (κ3) is 4.30. The van der Waals surface area contributed by atoms with Crippen molar-refractivity contribution in [1.29, 1.82) is 0 Å². The van der Waals surface area contributed by atoms with Crippen molar-refractivity contribution in [3.63, 3.8) is 0 Å². The summed E-state index contributed by atoms with van der Waals surface area (Å²) in [5, 5.41) is 0. The summed E-state index contributed by atoms with van der Waals surface area (Å²) >= 11 is 0. The molecule has 1 fully saturated rings. The second kappa shape index (κ2) is 8.98. The van der Waals surface area contributed by atoms with Gasteiger partial charge in [-0.05, 0) is 42.7 Å². The zero-order valence-electron chi connectivity index (χ0n) is 17.2. The van der Waals surface area contributed by atoms with Gasteiger partial charge in [-0.15, -0.1) is 0 Å². The zero-order valence-corrected chi connectivity index (χ0v) is 17.2. The quantitative estimate of drug-likeness (QED) is 0.620. The fraction of sp³-hybridized carbons (Fsp3) is 0.348. The highest BCUT2D eigenvalue weighted by molar-refractivity contribution is 5.96. The number of oxazole rings is 1. The third-order valence-corrected chi connectivity index (χ3v) is 5.34. The van der Waals surface area contributed by atoms with Crippen molar-refractivity contribution in [2.24, 2.45) is 0 Å². The maximum Gasteiger partial charge on any atom is 0.259 e. The predicted octanol–water partition coefficient (Wildman–Crippen LogP) is 3.70. The fourth-order valence-electron chi connectivity index (χ4n) is 3.83. The lowest BCUT2D eigenvalue weighted by Gasteiger charge is -2.31. The first-order valence-electron chi connectivity index (χ1n) is 10.0. The molecule has 0 N–H and O–H groups in total. The number of methoxy groups -OCH3 is 2. The third-order valence-electron chi connectivity index (χ3n) is 5.34. The Kier molecular flexibility index (Phi) is 5.97. The minimum atomic E-state index is -0.0761. The van der Waals surface area contributed by atoms with E-state index in [0.717, 1.165) is 29.9 Å². The van der Waals surface area contributed by atoms with Gasteiger partial charge in [0, 0.05) is 25.7 Å². The van der Waals surface area contributed by atoms with Crippen molar-refractivity contribution < 1.29 is 18.7 Å². The second-order valence-electron chi connectivity index (χ2n) is 7.34. The first-order chi connectivity index (χ1) is 14.7. The SMILES string of the molecule is COc1cccc(Cc2cnc([C@@H]3CCCN(C(=O)c4cccnc4OC)C3)o2)c1. The molecule has 1 aromatic carbocycles. The Morgan fingerprint density at radius 3 is 2.93 bits per heavy atom. The molecule has 0 saturated carbocycles. The monoisotopic (exact) mass is 407 g/mol. The summed E-state index contributed by atoms with van der Waals surface area (Å²) in [7, 11) is 3.18. The number of pyridine rings is 1. The molecule has 2 aromatic heterocycles. The summed E-state index contributed by atoms with van der Waals surface area (Å²) in [5.41, 5.74) is 1.58. The molecule has 1 aliphatic rings. The van der Waals surface area contributed by atoms with Gasteiger partial charge >= 0.3 is 0 Å². The largest absolute Gasteiger partial charge is 0.497 e. The molecule has 1 saturated heterocycles. The highest BCUT2D eigenvalue weighted by atomic mass is 16.5. The Bertz CT molecular complexity index is 1020. The Morgan fingerprint density at radius 2 is 2.10 bits per heavy atom. The molecule has 7 nitrogen and oxygen atoms in total. The van der Waals surface area contributed by atoms with Crippen LogP contribution in [0.25, 0.3) is 0 Å². The number of ether oxygens (including phenoxy) is 2. The number of likely N-dealkylation sites (tertiary alicyclic amines) is 1. The van der Waals surface area contributed by atoms with E-state index in [-0.39, 0.29) is 11.8 Å². The van der Waals surface area contributed by atoms with Crippen molar-refractivity contribution >= 4 is 5.91 Å². The Labute approximate surface area is 175 Å². The molecule has 0 unspecified atom stereocenters. The molecule has 1 amide bonds. The van der Waals surface area contributed by atoms with Gasteiger partial charge in [0.15, 0.2) is 5.89 Å². The van der Waals surface area contributed by atoms with Crippen molar-refractivity contribution in [2.45, 2.75) is 25.2 Å². The van der Waals surface area contributed by atoms with Gasteiger partial charge in [-0.3, -0.25) is 4.79 Å². The first kappa shape index (κ1) is 19.9. The van der Waals surface area contributed by atoms with Crippen LogP contribution in [0.4, 0.5) is 0 Å². The number of hydrogen-bond acceptors (Lipinski definition) is 6. The van der Waals surface area contributed by atoms with E-state index in [2.05, 4.69) is 9.97 Å². The molecule has 0 radical (unpaired) electrons. The van der Waals surface area contributed by atoms with Gasteiger partial charge in [-0.2, -0.15) is 0 Å². The Morgan fingerprint density at radius 1 is 1.20 bits per heavy atom. The average molecular weight is 407 g/mol. The smallest absolute Gasteiger partial charge is 0.259 e. The molecule has 1 aliphatic heterocycles. The molecular formula is C23H25N3O4. The van der Waals surface area contributed by atoms with E-state index in [4.69, 9.17) is 13.9 Å². The highest BCUT2D eigenvalue weighted by Gasteiger charge is 2.29. The fourth-order valence-corrected chi connectivity index (χ4v) is 3.83. The molecule has 156 valence electrons. The molecule has 3 aromatic rings. The van der Waals surface area contributed by atoms with Crippen LogP contribution in [-0.2, 0) is 6.42 Å². The number of aromatic nitrogens is 2. The lowest BCUT2D eigenvalue weighted by Crippen LogP contribution is -2.39. The van der Waals surface area contributed by atoms with Crippen LogP contribution in [0, 0.1) is 0 Å². The van der Waals surface area contributed by atoms with Gasteiger partial charge in [-0.1, -0.05) is 12.1 Å². The number of carbonyl (C=O) groups excluding carboxylic acids is 1. The van der Waals surface area contributed by atoms with Crippen LogP contribution in [0.2, 0.25) is 0 Å². The number of nitrogens with zero attached hydrogens (tertiary/aromatic N) is 3. The van der Waals surface area contributed by atoms with Crippen molar-refractivity contribution in [1.82, 2.24) is 14.9 Å². The summed E-state index contributed by atoms with van der Waals surface area (Å²) in [6.45, 7) is 1.26. The van der Waals surface area contributed by atoms with E-state index in [9.17, 15) is 4.79 Å². The summed E-state index contributed by atoms with van der Waals surface area (Å²) in [6.07, 6.45) is 5.87. The molecule has 0 aliphatic carbocycles. The maximum atomic E-state index is 13.0. The van der Waals surface area contributed by atoms with E-state index < -0.39 is 0 Å². The lowest BCUT2D eigenvalue weighted by molar-refractivity contribution is 0.0693. The minimum absolute atomic E-state index is 0.0735. The van der Waals surface area contributed by atoms with Gasteiger partial charge in [0.2, 0.25) is 5.88 Å². The van der Waals surface area contributed by atoms with Crippen molar-refractivity contribution in [3.8, 4) is 11.6 Å². The molecule has 30 heavy (non-hydrogen) atoms. The normalized spacial score (nSPS) is 16.3. The molecule has 4 rings (SSSR count). The summed E-state index contributed by atoms with van der Waals surface area (Å²) in [4.78, 5) is 23.5.